The first-order valence-corrected chi connectivity index (χ1v) is 6.07. The molecule has 1 atom stereocenters. The van der Waals surface area contributed by atoms with Crippen LogP contribution in [0.3, 0.4) is 0 Å². The highest BCUT2D eigenvalue weighted by molar-refractivity contribution is 5.52. The second-order valence-electron chi connectivity index (χ2n) is 4.15. The van der Waals surface area contributed by atoms with E-state index in [0.717, 1.165) is 19.5 Å². The summed E-state index contributed by atoms with van der Waals surface area (Å²) in [6.45, 7) is 8.46. The number of anilines is 1. The second kappa shape index (κ2) is 6.48. The zero-order chi connectivity index (χ0) is 12.0. The van der Waals surface area contributed by atoms with Gasteiger partial charge in [-0.05, 0) is 26.0 Å². The van der Waals surface area contributed by atoms with E-state index in [1.807, 2.05) is 12.4 Å². The number of hydrogen-bond donors (Lipinski definition) is 1. The summed E-state index contributed by atoms with van der Waals surface area (Å²) in [5, 5.41) is 3.35. The first-order chi connectivity index (χ1) is 7.70. The van der Waals surface area contributed by atoms with Crippen molar-refractivity contribution in [3.63, 3.8) is 0 Å². The van der Waals surface area contributed by atoms with Crippen molar-refractivity contribution in [3.05, 3.63) is 24.0 Å². The van der Waals surface area contributed by atoms with Gasteiger partial charge in [0.05, 0.1) is 0 Å². The largest absolute Gasteiger partial charge is 0.372 e. The van der Waals surface area contributed by atoms with Crippen LogP contribution in [0.1, 0.15) is 32.8 Å². The first kappa shape index (κ1) is 13.0. The van der Waals surface area contributed by atoms with Crippen LogP contribution in [0.2, 0.25) is 0 Å². The molecule has 0 amide bonds. The van der Waals surface area contributed by atoms with Gasteiger partial charge in [-0.2, -0.15) is 0 Å². The Labute approximate surface area is 98.9 Å². The Hall–Kier alpha value is -1.09. The normalized spacial score (nSPS) is 12.5. The van der Waals surface area contributed by atoms with Crippen LogP contribution >= 0.6 is 0 Å². The van der Waals surface area contributed by atoms with E-state index in [4.69, 9.17) is 0 Å². The molecule has 3 nitrogen and oxygen atoms in total. The van der Waals surface area contributed by atoms with Crippen molar-refractivity contribution < 1.29 is 0 Å². The van der Waals surface area contributed by atoms with E-state index in [-0.39, 0.29) is 0 Å². The van der Waals surface area contributed by atoms with E-state index in [2.05, 4.69) is 49.1 Å². The van der Waals surface area contributed by atoms with Gasteiger partial charge >= 0.3 is 0 Å². The van der Waals surface area contributed by atoms with Gasteiger partial charge in [0.2, 0.25) is 0 Å². The monoisotopic (exact) mass is 221 g/mol. The minimum absolute atomic E-state index is 0.558. The summed E-state index contributed by atoms with van der Waals surface area (Å²) in [4.78, 5) is 6.53. The van der Waals surface area contributed by atoms with E-state index in [1.54, 1.807) is 0 Å². The second-order valence-corrected chi connectivity index (χ2v) is 4.15. The summed E-state index contributed by atoms with van der Waals surface area (Å²) in [7, 11) is 2.15. The molecular formula is C13H23N3. The molecule has 0 aliphatic rings. The molecule has 1 N–H and O–H groups in total. The maximum absolute atomic E-state index is 4.20. The highest BCUT2D eigenvalue weighted by Gasteiger charge is 2.11. The predicted molar refractivity (Wildman–Crippen MR) is 69.8 cm³/mol. The highest BCUT2D eigenvalue weighted by atomic mass is 15.1. The quantitative estimate of drug-likeness (QED) is 0.799. The molecule has 0 saturated carbocycles. The van der Waals surface area contributed by atoms with Gasteiger partial charge in [0.25, 0.3) is 0 Å². The van der Waals surface area contributed by atoms with Crippen LogP contribution in [0.5, 0.6) is 0 Å². The Bertz CT molecular complexity index is 312. The predicted octanol–water partition coefficient (Wildman–Crippen LogP) is 2.43. The number of rotatable bonds is 6. The number of hydrogen-bond acceptors (Lipinski definition) is 3. The summed E-state index contributed by atoms with van der Waals surface area (Å²) in [5.74, 6) is 0. The molecule has 90 valence electrons. The zero-order valence-corrected chi connectivity index (χ0v) is 10.8. The molecule has 0 radical (unpaired) electrons. The minimum Gasteiger partial charge on any atom is -0.372 e. The first-order valence-electron chi connectivity index (χ1n) is 6.07. The molecule has 0 saturated heterocycles. The maximum atomic E-state index is 4.20. The lowest BCUT2D eigenvalue weighted by Gasteiger charge is -2.28. The van der Waals surface area contributed by atoms with Crippen LogP contribution in [-0.4, -0.2) is 24.6 Å². The van der Waals surface area contributed by atoms with Crippen molar-refractivity contribution in [3.8, 4) is 0 Å². The smallest absolute Gasteiger partial charge is 0.0442 e. The molecule has 1 rings (SSSR count). The van der Waals surface area contributed by atoms with Gasteiger partial charge in [0.1, 0.15) is 0 Å². The van der Waals surface area contributed by atoms with Crippen molar-refractivity contribution in [2.75, 3.05) is 18.5 Å². The average molecular weight is 221 g/mol. The summed E-state index contributed by atoms with van der Waals surface area (Å²) >= 11 is 0. The van der Waals surface area contributed by atoms with Crippen LogP contribution in [0.15, 0.2) is 18.5 Å². The molecule has 1 aromatic rings. The van der Waals surface area contributed by atoms with Gasteiger partial charge in [-0.1, -0.05) is 13.8 Å². The van der Waals surface area contributed by atoms with Gasteiger partial charge in [0, 0.05) is 43.3 Å². The molecule has 0 fully saturated rings. The summed E-state index contributed by atoms with van der Waals surface area (Å²) in [6.07, 6.45) is 4.97. The van der Waals surface area contributed by atoms with Gasteiger partial charge < -0.3 is 10.2 Å². The van der Waals surface area contributed by atoms with Crippen molar-refractivity contribution in [1.29, 1.82) is 0 Å². The van der Waals surface area contributed by atoms with Crippen LogP contribution < -0.4 is 10.2 Å². The van der Waals surface area contributed by atoms with Gasteiger partial charge in [-0.25, -0.2) is 0 Å². The van der Waals surface area contributed by atoms with Crippen LogP contribution in [0.25, 0.3) is 0 Å². The van der Waals surface area contributed by atoms with Crippen molar-refractivity contribution in [2.24, 2.45) is 0 Å². The molecule has 0 aromatic carbocycles. The summed E-state index contributed by atoms with van der Waals surface area (Å²) < 4.78 is 0. The van der Waals surface area contributed by atoms with E-state index < -0.39 is 0 Å². The Morgan fingerprint density at radius 2 is 2.19 bits per heavy atom. The number of nitrogens with one attached hydrogen (secondary N) is 1. The van der Waals surface area contributed by atoms with Crippen LogP contribution in [0, 0.1) is 0 Å². The Kier molecular flexibility index (Phi) is 5.26. The van der Waals surface area contributed by atoms with E-state index in [9.17, 15) is 0 Å². The summed E-state index contributed by atoms with van der Waals surface area (Å²) in [5.41, 5.74) is 2.55. The topological polar surface area (TPSA) is 28.2 Å². The molecule has 1 heterocycles. The molecule has 1 unspecified atom stereocenters. The lowest BCUT2D eigenvalue weighted by atomic mass is 10.1. The van der Waals surface area contributed by atoms with Crippen LogP contribution in [0.4, 0.5) is 5.69 Å². The molecule has 3 heteroatoms. The summed E-state index contributed by atoms with van der Waals surface area (Å²) in [6, 6.07) is 2.65. The molecule has 16 heavy (non-hydrogen) atoms. The van der Waals surface area contributed by atoms with Crippen molar-refractivity contribution in [1.82, 2.24) is 10.3 Å². The number of aromatic nitrogens is 1. The Morgan fingerprint density at radius 1 is 1.44 bits per heavy atom. The highest BCUT2D eigenvalue weighted by Crippen LogP contribution is 2.20. The maximum Gasteiger partial charge on any atom is 0.0442 e. The molecule has 0 aliphatic carbocycles. The third kappa shape index (κ3) is 3.20. The lowest BCUT2D eigenvalue weighted by Crippen LogP contribution is -2.29. The van der Waals surface area contributed by atoms with Crippen molar-refractivity contribution in [2.45, 2.75) is 39.8 Å². The Balaban J connectivity index is 2.84. The molecule has 0 spiro atoms. The number of nitrogens with zero attached hydrogens (tertiary/aromatic N) is 2. The molecule has 0 aliphatic heterocycles. The standard InChI is InChI=1S/C13H23N3/c1-5-11(3)16(4)13-7-8-15-10-12(13)9-14-6-2/h7-8,10-11,14H,5-6,9H2,1-4H3. The SMILES string of the molecule is CCNCc1cnccc1N(C)C(C)CC. The fraction of sp³-hybridized carbons (Fsp3) is 0.615. The minimum atomic E-state index is 0.558. The molecular weight excluding hydrogens is 198 g/mol. The fourth-order valence-corrected chi connectivity index (χ4v) is 1.67. The van der Waals surface area contributed by atoms with Gasteiger partial charge in [-0.3, -0.25) is 4.98 Å². The van der Waals surface area contributed by atoms with Gasteiger partial charge in [-0.15, -0.1) is 0 Å². The zero-order valence-electron chi connectivity index (χ0n) is 10.8. The van der Waals surface area contributed by atoms with Crippen molar-refractivity contribution >= 4 is 5.69 Å². The van der Waals surface area contributed by atoms with Gasteiger partial charge in [0.15, 0.2) is 0 Å². The Morgan fingerprint density at radius 3 is 2.81 bits per heavy atom. The average Bonchev–Trinajstić information content (AvgIpc) is 2.34. The van der Waals surface area contributed by atoms with E-state index in [0.29, 0.717) is 6.04 Å². The third-order valence-corrected chi connectivity index (χ3v) is 3.08. The molecule has 1 aromatic heterocycles. The van der Waals surface area contributed by atoms with Crippen LogP contribution in [-0.2, 0) is 6.54 Å². The molecule has 0 bridgehead atoms. The van der Waals surface area contributed by atoms with E-state index >= 15 is 0 Å². The number of pyridine rings is 1. The third-order valence-electron chi connectivity index (χ3n) is 3.08. The van der Waals surface area contributed by atoms with E-state index in [1.165, 1.54) is 11.3 Å². The fourth-order valence-electron chi connectivity index (χ4n) is 1.67. The lowest BCUT2D eigenvalue weighted by molar-refractivity contribution is 0.654.